The van der Waals surface area contributed by atoms with Crippen molar-refractivity contribution in [3.05, 3.63) is 35.4 Å². The van der Waals surface area contributed by atoms with E-state index in [4.69, 9.17) is 9.84 Å². The molecule has 0 saturated carbocycles. The number of hydrogen-bond donors (Lipinski definition) is 2. The summed E-state index contributed by atoms with van der Waals surface area (Å²) in [5.74, 6) is -5.26. The van der Waals surface area contributed by atoms with Gasteiger partial charge in [-0.2, -0.15) is 13.2 Å². The van der Waals surface area contributed by atoms with Crippen molar-refractivity contribution < 1.29 is 32.6 Å². The zero-order valence-electron chi connectivity index (χ0n) is 13.5. The lowest BCUT2D eigenvalue weighted by molar-refractivity contribution is -0.187. The third kappa shape index (κ3) is 4.62. The van der Waals surface area contributed by atoms with E-state index in [1.807, 2.05) is 12.1 Å². The van der Waals surface area contributed by atoms with Crippen LogP contribution in [0.15, 0.2) is 24.3 Å². The van der Waals surface area contributed by atoms with Gasteiger partial charge in [0, 0.05) is 26.7 Å². The van der Waals surface area contributed by atoms with Gasteiger partial charge in [0.15, 0.2) is 0 Å². The van der Waals surface area contributed by atoms with E-state index in [1.54, 1.807) is 12.1 Å². The molecule has 2 amide bonds. The molecule has 0 bridgehead atoms. The molecule has 25 heavy (non-hydrogen) atoms. The molecule has 0 aliphatic carbocycles. The Hall–Kier alpha value is -2.29. The summed E-state index contributed by atoms with van der Waals surface area (Å²) >= 11 is 0. The zero-order valence-corrected chi connectivity index (χ0v) is 13.5. The number of rotatable bonds is 5. The summed E-state index contributed by atoms with van der Waals surface area (Å²) in [6.07, 6.45) is -4.66. The molecule has 1 aromatic rings. The Bertz CT molecular complexity index is 636. The number of nitrogens with one attached hydrogen (secondary N) is 1. The number of hydrogen-bond acceptors (Lipinski definition) is 3. The fraction of sp³-hybridized carbons (Fsp3) is 0.500. The fourth-order valence-corrected chi connectivity index (χ4v) is 2.86. The number of methoxy groups -OCH3 is 1. The third-order valence-corrected chi connectivity index (χ3v) is 4.19. The number of likely N-dealkylation sites (tertiary alicyclic amines) is 1. The number of urea groups is 1. The zero-order chi connectivity index (χ0) is 18.6. The Labute approximate surface area is 142 Å². The maximum Gasteiger partial charge on any atom is 0.394 e. The molecule has 2 rings (SSSR count). The van der Waals surface area contributed by atoms with Crippen LogP contribution in [-0.4, -0.2) is 48.4 Å². The Morgan fingerprint density at radius 2 is 1.92 bits per heavy atom. The minimum atomic E-state index is -4.66. The first-order chi connectivity index (χ1) is 11.7. The molecule has 1 aromatic carbocycles. The summed E-state index contributed by atoms with van der Waals surface area (Å²) in [4.78, 5) is 24.1. The van der Waals surface area contributed by atoms with Crippen LogP contribution in [0.2, 0.25) is 0 Å². The van der Waals surface area contributed by atoms with E-state index in [2.05, 4.69) is 5.32 Å². The SMILES string of the molecule is COCc1ccccc1CNC(=O)N1C[C@@H](C(F)(F)F)[C@H](C(=O)O)C1. The van der Waals surface area contributed by atoms with Gasteiger partial charge in [0.2, 0.25) is 0 Å². The highest BCUT2D eigenvalue weighted by Gasteiger charge is 2.53. The first-order valence-electron chi connectivity index (χ1n) is 7.62. The second-order valence-electron chi connectivity index (χ2n) is 5.86. The Morgan fingerprint density at radius 1 is 1.28 bits per heavy atom. The molecular formula is C16H19F3N2O4. The van der Waals surface area contributed by atoms with Gasteiger partial charge in [-0.05, 0) is 11.1 Å². The maximum atomic E-state index is 13.0. The van der Waals surface area contributed by atoms with Crippen molar-refractivity contribution in [3.8, 4) is 0 Å². The van der Waals surface area contributed by atoms with Crippen molar-refractivity contribution in [3.63, 3.8) is 0 Å². The monoisotopic (exact) mass is 360 g/mol. The van der Waals surface area contributed by atoms with Crippen LogP contribution in [0.3, 0.4) is 0 Å². The first kappa shape index (κ1) is 19.0. The molecule has 0 radical (unpaired) electrons. The van der Waals surface area contributed by atoms with E-state index in [1.165, 1.54) is 7.11 Å². The normalized spacial score (nSPS) is 20.6. The van der Waals surface area contributed by atoms with Gasteiger partial charge < -0.3 is 20.1 Å². The number of aliphatic carboxylic acids is 1. The van der Waals surface area contributed by atoms with Gasteiger partial charge in [-0.25, -0.2) is 4.79 Å². The minimum absolute atomic E-state index is 0.114. The summed E-state index contributed by atoms with van der Waals surface area (Å²) in [7, 11) is 1.53. The van der Waals surface area contributed by atoms with E-state index in [9.17, 15) is 22.8 Å². The molecule has 0 spiro atoms. The van der Waals surface area contributed by atoms with Gasteiger partial charge in [-0.3, -0.25) is 4.79 Å². The Balaban J connectivity index is 2.01. The van der Waals surface area contributed by atoms with Crippen LogP contribution in [0.5, 0.6) is 0 Å². The topological polar surface area (TPSA) is 78.9 Å². The molecule has 2 N–H and O–H groups in total. The predicted molar refractivity (Wildman–Crippen MR) is 81.6 cm³/mol. The summed E-state index contributed by atoms with van der Waals surface area (Å²) in [6.45, 7) is -0.673. The molecule has 1 saturated heterocycles. The first-order valence-corrected chi connectivity index (χ1v) is 7.62. The average molecular weight is 360 g/mol. The molecule has 9 heteroatoms. The average Bonchev–Trinajstić information content (AvgIpc) is 3.00. The number of carboxylic acids is 1. The van der Waals surface area contributed by atoms with Crippen molar-refractivity contribution in [1.29, 1.82) is 0 Å². The third-order valence-electron chi connectivity index (χ3n) is 4.19. The number of ether oxygens (including phenoxy) is 1. The molecule has 1 aliphatic heterocycles. The second-order valence-corrected chi connectivity index (χ2v) is 5.86. The number of carbonyl (C=O) groups excluding carboxylic acids is 1. The second kappa shape index (κ2) is 7.73. The van der Waals surface area contributed by atoms with Gasteiger partial charge in [-0.1, -0.05) is 24.3 Å². The summed E-state index contributed by atoms with van der Waals surface area (Å²) in [5.41, 5.74) is 1.63. The van der Waals surface area contributed by atoms with Crippen LogP contribution in [0, 0.1) is 11.8 Å². The van der Waals surface area contributed by atoms with Gasteiger partial charge in [0.25, 0.3) is 0 Å². The largest absolute Gasteiger partial charge is 0.481 e. The molecule has 138 valence electrons. The lowest BCUT2D eigenvalue weighted by Gasteiger charge is -2.19. The molecule has 6 nitrogen and oxygen atoms in total. The molecule has 0 unspecified atom stereocenters. The van der Waals surface area contributed by atoms with Crippen molar-refractivity contribution in [2.24, 2.45) is 11.8 Å². The van der Waals surface area contributed by atoms with Crippen LogP contribution < -0.4 is 5.32 Å². The van der Waals surface area contributed by atoms with Crippen LogP contribution in [0.4, 0.5) is 18.0 Å². The lowest BCUT2D eigenvalue weighted by Crippen LogP contribution is -2.39. The molecule has 1 fully saturated rings. The fourth-order valence-electron chi connectivity index (χ4n) is 2.86. The standard InChI is InChI=1S/C16H19F3N2O4/c1-25-9-11-5-3-2-4-10(11)6-20-15(24)21-7-12(14(22)23)13(8-21)16(17,18)19/h2-5,12-13H,6-9H2,1H3,(H,20,24)(H,22,23)/t12-,13-/m1/s1. The Kier molecular flexibility index (Phi) is 5.89. The van der Waals surface area contributed by atoms with E-state index < -0.39 is 43.1 Å². The number of alkyl halides is 3. The van der Waals surface area contributed by atoms with Crippen LogP contribution >= 0.6 is 0 Å². The molecule has 1 heterocycles. The summed E-state index contributed by atoms with van der Waals surface area (Å²) in [5, 5.41) is 11.5. The minimum Gasteiger partial charge on any atom is -0.481 e. The number of amides is 2. The van der Waals surface area contributed by atoms with Crippen molar-refractivity contribution >= 4 is 12.0 Å². The number of benzene rings is 1. The van der Waals surface area contributed by atoms with Gasteiger partial charge in [-0.15, -0.1) is 0 Å². The van der Waals surface area contributed by atoms with E-state index in [0.717, 1.165) is 16.0 Å². The molecule has 0 aromatic heterocycles. The van der Waals surface area contributed by atoms with E-state index >= 15 is 0 Å². The molecule has 1 aliphatic rings. The lowest BCUT2D eigenvalue weighted by atomic mass is 9.96. The van der Waals surface area contributed by atoms with E-state index in [-0.39, 0.29) is 6.54 Å². The molecule has 2 atom stereocenters. The van der Waals surface area contributed by atoms with Crippen LogP contribution in [0.25, 0.3) is 0 Å². The van der Waals surface area contributed by atoms with Crippen molar-refractivity contribution in [2.75, 3.05) is 20.2 Å². The highest BCUT2D eigenvalue weighted by Crippen LogP contribution is 2.37. The van der Waals surface area contributed by atoms with Crippen LogP contribution in [0.1, 0.15) is 11.1 Å². The van der Waals surface area contributed by atoms with Gasteiger partial charge in [0.1, 0.15) is 0 Å². The van der Waals surface area contributed by atoms with Crippen LogP contribution in [-0.2, 0) is 22.7 Å². The van der Waals surface area contributed by atoms with E-state index in [0.29, 0.717) is 6.61 Å². The van der Waals surface area contributed by atoms with Crippen molar-refractivity contribution in [2.45, 2.75) is 19.3 Å². The van der Waals surface area contributed by atoms with Gasteiger partial charge >= 0.3 is 18.2 Å². The maximum absolute atomic E-state index is 13.0. The number of nitrogens with zero attached hydrogens (tertiary/aromatic N) is 1. The number of carboxylic acid groups (broad SMARTS) is 1. The smallest absolute Gasteiger partial charge is 0.394 e. The predicted octanol–water partition coefficient (Wildman–Crippen LogP) is 2.24. The summed E-state index contributed by atoms with van der Waals surface area (Å²) < 4.78 is 43.9. The van der Waals surface area contributed by atoms with Crippen molar-refractivity contribution in [1.82, 2.24) is 10.2 Å². The molecular weight excluding hydrogens is 341 g/mol. The highest BCUT2D eigenvalue weighted by atomic mass is 19.4. The number of carbonyl (C=O) groups is 2. The number of halogens is 3. The Morgan fingerprint density at radius 3 is 2.44 bits per heavy atom. The van der Waals surface area contributed by atoms with Gasteiger partial charge in [0.05, 0.1) is 18.4 Å². The quantitative estimate of drug-likeness (QED) is 0.844. The summed E-state index contributed by atoms with van der Waals surface area (Å²) in [6, 6.07) is 6.46. The highest BCUT2D eigenvalue weighted by molar-refractivity contribution is 5.77.